The van der Waals surface area contributed by atoms with E-state index in [-0.39, 0.29) is 23.9 Å². The normalized spacial score (nSPS) is 7.76. The minimum absolute atomic E-state index is 0. The van der Waals surface area contributed by atoms with Crippen LogP contribution in [-0.2, 0) is 0 Å². The van der Waals surface area contributed by atoms with Crippen molar-refractivity contribution in [2.45, 2.75) is 64.5 Å². The topological polar surface area (TPSA) is 25.8 Å². The quantitative estimate of drug-likeness (QED) is 0.370. The second-order valence-corrected chi connectivity index (χ2v) is 4.51. The summed E-state index contributed by atoms with van der Waals surface area (Å²) < 4.78 is 0. The summed E-state index contributed by atoms with van der Waals surface area (Å²) in [5.74, 6) is 0. The van der Waals surface area contributed by atoms with Crippen molar-refractivity contribution in [3.63, 3.8) is 0 Å². The van der Waals surface area contributed by atoms with Gasteiger partial charge in [0.1, 0.15) is 0 Å². The van der Waals surface area contributed by atoms with Crippen LogP contribution in [0.5, 0.6) is 0 Å². The fraction of sp³-hybridized carbons (Fsp3) is 0.588. The Labute approximate surface area is 155 Å². The third-order valence-electron chi connectivity index (χ3n) is 1.74. The van der Waals surface area contributed by atoms with Gasteiger partial charge in [-0.1, -0.05) is 91.8 Å². The van der Waals surface area contributed by atoms with Gasteiger partial charge in [-0.2, -0.15) is 0 Å². The predicted molar refractivity (Wildman–Crippen MR) is 99.2 cm³/mol. The SMILES string of the molecule is CSc1n[c]ccn1.[CH2]CCC.[CH2]CCC.[CH2]CCC.[Sn]. The Kier molecular flexibility index (Phi) is 44.9. The van der Waals surface area contributed by atoms with Crippen molar-refractivity contribution in [1.82, 2.24) is 9.97 Å². The van der Waals surface area contributed by atoms with Crippen molar-refractivity contribution in [3.05, 3.63) is 39.2 Å². The van der Waals surface area contributed by atoms with Gasteiger partial charge in [0.05, 0.1) is 6.20 Å². The molecule has 0 saturated heterocycles. The van der Waals surface area contributed by atoms with Crippen LogP contribution in [0.2, 0.25) is 0 Å². The van der Waals surface area contributed by atoms with Gasteiger partial charge in [-0.3, -0.25) is 0 Å². The first-order chi connectivity index (χ1) is 9.67. The molecule has 0 N–H and O–H groups in total. The van der Waals surface area contributed by atoms with Crippen molar-refractivity contribution in [1.29, 1.82) is 0 Å². The average Bonchev–Trinajstić information content (AvgIpc) is 2.56. The zero-order chi connectivity index (χ0) is 16.1. The summed E-state index contributed by atoms with van der Waals surface area (Å²) in [4.78, 5) is 7.74. The van der Waals surface area contributed by atoms with Gasteiger partial charge < -0.3 is 0 Å². The summed E-state index contributed by atoms with van der Waals surface area (Å²) in [6.45, 7) is 17.2. The van der Waals surface area contributed by atoms with Gasteiger partial charge in [-0.05, 0) is 12.3 Å². The molecule has 0 aliphatic carbocycles. The number of hydrogen-bond acceptors (Lipinski definition) is 3. The zero-order valence-electron chi connectivity index (χ0n) is 14.3. The summed E-state index contributed by atoms with van der Waals surface area (Å²) >= 11 is 1.52. The van der Waals surface area contributed by atoms with E-state index < -0.39 is 0 Å². The number of aromatic nitrogens is 2. The molecule has 0 bridgehead atoms. The molecule has 0 atom stereocenters. The van der Waals surface area contributed by atoms with E-state index >= 15 is 0 Å². The standard InChI is InChI=1S/C5H5N2S.3C4H9.Sn/c1-8-5-6-3-2-4-7-5;3*1-3-4-2;/h2-3H,1H3;3*1,3-4H2,2H3;. The fourth-order valence-electron chi connectivity index (χ4n) is 0.354. The van der Waals surface area contributed by atoms with Gasteiger partial charge in [0.2, 0.25) is 0 Å². The van der Waals surface area contributed by atoms with Crippen molar-refractivity contribution in [2.24, 2.45) is 0 Å². The molecule has 0 amide bonds. The Morgan fingerprint density at radius 2 is 1.38 bits per heavy atom. The molecule has 21 heavy (non-hydrogen) atoms. The summed E-state index contributed by atoms with van der Waals surface area (Å²) in [7, 11) is 0. The largest absolute Gasteiger partial charge is 0.231 e. The minimum Gasteiger partial charge on any atom is -0.231 e. The molecule has 0 unspecified atom stereocenters. The Bertz CT molecular complexity index is 218. The molecule has 8 radical (unpaired) electrons. The predicted octanol–water partition coefficient (Wildman–Crippen LogP) is 5.48. The van der Waals surface area contributed by atoms with E-state index in [4.69, 9.17) is 0 Å². The molecule has 1 heterocycles. The zero-order valence-corrected chi connectivity index (χ0v) is 18.0. The molecule has 0 fully saturated rings. The van der Waals surface area contributed by atoms with Gasteiger partial charge in [0.15, 0.2) is 5.16 Å². The molecule has 1 aromatic heterocycles. The van der Waals surface area contributed by atoms with Gasteiger partial charge in [-0.15, -0.1) is 0 Å². The van der Waals surface area contributed by atoms with E-state index in [1.165, 1.54) is 31.0 Å². The maximum absolute atomic E-state index is 3.92. The number of unbranched alkanes of at least 4 members (excludes halogenated alkanes) is 3. The van der Waals surface area contributed by atoms with Crippen LogP contribution >= 0.6 is 11.8 Å². The number of hydrogen-bond donors (Lipinski definition) is 0. The molecule has 2 nitrogen and oxygen atoms in total. The molecule has 0 spiro atoms. The maximum Gasteiger partial charge on any atom is 0.187 e. The summed E-state index contributed by atoms with van der Waals surface area (Å²) in [6, 6.07) is 1.68. The van der Waals surface area contributed by atoms with Crippen LogP contribution in [-0.4, -0.2) is 40.1 Å². The molecule has 4 heteroatoms. The van der Waals surface area contributed by atoms with Crippen molar-refractivity contribution < 1.29 is 0 Å². The Hall–Kier alpha value is 0.229. The Balaban J connectivity index is -0.0000000973. The van der Waals surface area contributed by atoms with E-state index in [1.54, 1.807) is 12.3 Å². The molecule has 1 aromatic rings. The molecular weight excluding hydrogens is 383 g/mol. The summed E-state index contributed by atoms with van der Waals surface area (Å²) in [5.41, 5.74) is 0. The monoisotopic (exact) mass is 416 g/mol. The van der Waals surface area contributed by atoms with Crippen molar-refractivity contribution in [2.75, 3.05) is 6.26 Å². The van der Waals surface area contributed by atoms with E-state index in [9.17, 15) is 0 Å². The molecule has 0 saturated carbocycles. The first-order valence-corrected chi connectivity index (χ1v) is 8.51. The van der Waals surface area contributed by atoms with Gasteiger partial charge in [0.25, 0.3) is 0 Å². The second kappa shape index (κ2) is 32.3. The second-order valence-electron chi connectivity index (χ2n) is 3.73. The number of thioether (sulfide) groups is 1. The van der Waals surface area contributed by atoms with Crippen LogP contribution in [0.15, 0.2) is 17.4 Å². The first-order valence-electron chi connectivity index (χ1n) is 7.28. The minimum atomic E-state index is 0. The van der Waals surface area contributed by atoms with Gasteiger partial charge in [-0.25, -0.2) is 9.97 Å². The van der Waals surface area contributed by atoms with Crippen LogP contribution in [0.4, 0.5) is 0 Å². The third-order valence-corrected chi connectivity index (χ3v) is 2.30. The molecule has 0 aromatic carbocycles. The first kappa shape index (κ1) is 29.3. The summed E-state index contributed by atoms with van der Waals surface area (Å²) in [6.07, 6.45) is 13.1. The third kappa shape index (κ3) is 38.4. The van der Waals surface area contributed by atoms with Gasteiger partial charge in [0, 0.05) is 30.1 Å². The number of nitrogens with zero attached hydrogens (tertiary/aromatic N) is 2. The molecule has 0 aliphatic heterocycles. The van der Waals surface area contributed by atoms with Crippen LogP contribution in [0.25, 0.3) is 0 Å². The van der Waals surface area contributed by atoms with E-state index in [1.807, 2.05) is 6.26 Å². The van der Waals surface area contributed by atoms with Crippen molar-refractivity contribution in [3.8, 4) is 0 Å². The summed E-state index contributed by atoms with van der Waals surface area (Å²) in [5, 5.41) is 0.771. The molecule has 0 aliphatic rings. The average molecular weight is 415 g/mol. The van der Waals surface area contributed by atoms with Crippen LogP contribution in [0.1, 0.15) is 59.3 Å². The van der Waals surface area contributed by atoms with Gasteiger partial charge >= 0.3 is 0 Å². The van der Waals surface area contributed by atoms with Crippen LogP contribution in [0.3, 0.4) is 0 Å². The van der Waals surface area contributed by atoms with E-state index in [0.29, 0.717) is 0 Å². The van der Waals surface area contributed by atoms with Crippen LogP contribution in [0, 0.1) is 27.0 Å². The molecular formula is C17H32N2SSn. The van der Waals surface area contributed by atoms with E-state index in [0.717, 1.165) is 24.4 Å². The van der Waals surface area contributed by atoms with Crippen LogP contribution < -0.4 is 0 Å². The molecule has 1 rings (SSSR count). The van der Waals surface area contributed by atoms with Crippen molar-refractivity contribution >= 4 is 35.7 Å². The van der Waals surface area contributed by atoms with E-state index in [2.05, 4.69) is 57.7 Å². The Morgan fingerprint density at radius 3 is 1.52 bits per heavy atom. The Morgan fingerprint density at radius 1 is 1.00 bits per heavy atom. The number of rotatable bonds is 4. The molecule has 120 valence electrons. The smallest absolute Gasteiger partial charge is 0.187 e. The fourth-order valence-corrected chi connectivity index (χ4v) is 0.664. The maximum atomic E-state index is 3.92.